The normalized spacial score (nSPS) is 11.3. The molecule has 8 heteroatoms. The largest absolute Gasteiger partial charge is 0.435 e. The molecular formula is C15H13F2NO4S. The maximum Gasteiger partial charge on any atom is 0.387 e. The number of benzene rings is 2. The van der Waals surface area contributed by atoms with Crippen LogP contribution in [0.1, 0.15) is 10.4 Å². The molecule has 0 aromatic heterocycles. The number of alkyl halides is 2. The van der Waals surface area contributed by atoms with Crippen molar-refractivity contribution in [2.45, 2.75) is 11.5 Å². The van der Waals surface area contributed by atoms with Crippen LogP contribution in [0.3, 0.4) is 0 Å². The molecule has 0 aliphatic rings. The second kappa shape index (κ2) is 6.74. The van der Waals surface area contributed by atoms with Crippen molar-refractivity contribution in [3.05, 3.63) is 54.1 Å². The van der Waals surface area contributed by atoms with E-state index in [1.54, 1.807) is 0 Å². The standard InChI is InChI=1S/C15H13F2NO4S/c1-23(20,21)13-7-5-11(6-8-13)18-14(19)10-3-2-4-12(9-10)22-15(16)17/h2-9,15H,1H3,(H,18,19). The van der Waals surface area contributed by atoms with E-state index in [0.29, 0.717) is 5.69 Å². The summed E-state index contributed by atoms with van der Waals surface area (Å²) in [4.78, 5) is 12.2. The number of hydrogen-bond acceptors (Lipinski definition) is 4. The first-order valence-corrected chi connectivity index (χ1v) is 8.31. The van der Waals surface area contributed by atoms with E-state index >= 15 is 0 Å². The molecule has 122 valence electrons. The van der Waals surface area contributed by atoms with Crippen molar-refractivity contribution in [1.82, 2.24) is 0 Å². The number of amides is 1. The Kier molecular flexibility index (Phi) is 4.95. The molecule has 0 bridgehead atoms. The number of carbonyl (C=O) groups is 1. The minimum Gasteiger partial charge on any atom is -0.435 e. The molecule has 0 unspecified atom stereocenters. The summed E-state index contributed by atoms with van der Waals surface area (Å²) in [5, 5.41) is 2.54. The Morgan fingerprint density at radius 2 is 1.78 bits per heavy atom. The maximum atomic E-state index is 12.2. The Balaban J connectivity index is 2.13. The highest BCUT2D eigenvalue weighted by molar-refractivity contribution is 7.90. The van der Waals surface area contributed by atoms with E-state index < -0.39 is 22.4 Å². The number of hydrogen-bond donors (Lipinski definition) is 1. The van der Waals surface area contributed by atoms with Gasteiger partial charge >= 0.3 is 6.61 Å². The van der Waals surface area contributed by atoms with Crippen LogP contribution in [0, 0.1) is 0 Å². The molecule has 0 aliphatic heterocycles. The van der Waals surface area contributed by atoms with Crippen molar-refractivity contribution in [2.75, 3.05) is 11.6 Å². The van der Waals surface area contributed by atoms with Gasteiger partial charge in [-0.2, -0.15) is 8.78 Å². The van der Waals surface area contributed by atoms with Gasteiger partial charge in [-0.15, -0.1) is 0 Å². The fourth-order valence-corrected chi connectivity index (χ4v) is 2.43. The first-order chi connectivity index (χ1) is 10.8. The van der Waals surface area contributed by atoms with Crippen molar-refractivity contribution >= 4 is 21.4 Å². The third-order valence-corrected chi connectivity index (χ3v) is 3.99. The predicted molar refractivity (Wildman–Crippen MR) is 80.6 cm³/mol. The number of anilines is 1. The molecule has 0 radical (unpaired) electrons. The van der Waals surface area contributed by atoms with E-state index in [2.05, 4.69) is 10.1 Å². The van der Waals surface area contributed by atoms with E-state index in [4.69, 9.17) is 0 Å². The molecule has 2 aromatic rings. The van der Waals surface area contributed by atoms with Gasteiger partial charge < -0.3 is 10.1 Å². The summed E-state index contributed by atoms with van der Waals surface area (Å²) in [6.07, 6.45) is 1.08. The van der Waals surface area contributed by atoms with Crippen LogP contribution in [-0.4, -0.2) is 27.2 Å². The second-order valence-electron chi connectivity index (χ2n) is 4.66. The van der Waals surface area contributed by atoms with Gasteiger partial charge in [-0.3, -0.25) is 4.79 Å². The second-order valence-corrected chi connectivity index (χ2v) is 6.67. The van der Waals surface area contributed by atoms with Gasteiger partial charge in [0.05, 0.1) is 4.90 Å². The molecule has 0 saturated heterocycles. The lowest BCUT2D eigenvalue weighted by atomic mass is 10.2. The Morgan fingerprint density at radius 3 is 2.35 bits per heavy atom. The maximum absolute atomic E-state index is 12.2. The number of rotatable bonds is 5. The van der Waals surface area contributed by atoms with Crippen molar-refractivity contribution in [3.63, 3.8) is 0 Å². The van der Waals surface area contributed by atoms with Crippen LogP contribution in [0.4, 0.5) is 14.5 Å². The molecule has 0 atom stereocenters. The fraction of sp³-hybridized carbons (Fsp3) is 0.133. The van der Waals surface area contributed by atoms with Gasteiger partial charge in [0.15, 0.2) is 9.84 Å². The van der Waals surface area contributed by atoms with E-state index in [1.807, 2.05) is 0 Å². The summed E-state index contributed by atoms with van der Waals surface area (Å²) in [5.41, 5.74) is 0.512. The fourth-order valence-electron chi connectivity index (χ4n) is 1.80. The summed E-state index contributed by atoms with van der Waals surface area (Å²) >= 11 is 0. The van der Waals surface area contributed by atoms with Crippen molar-refractivity contribution in [3.8, 4) is 5.75 Å². The molecule has 0 saturated carbocycles. The molecule has 2 rings (SSSR count). The molecular weight excluding hydrogens is 328 g/mol. The van der Waals surface area contributed by atoms with Gasteiger partial charge in [-0.05, 0) is 42.5 Å². The summed E-state index contributed by atoms with van der Waals surface area (Å²) < 4.78 is 51.3. The quantitative estimate of drug-likeness (QED) is 0.907. The Bertz CT molecular complexity index is 804. The highest BCUT2D eigenvalue weighted by atomic mass is 32.2. The van der Waals surface area contributed by atoms with Crippen molar-refractivity contribution in [2.24, 2.45) is 0 Å². The molecule has 1 N–H and O–H groups in total. The van der Waals surface area contributed by atoms with E-state index in [9.17, 15) is 22.0 Å². The zero-order valence-electron chi connectivity index (χ0n) is 12.0. The molecule has 0 heterocycles. The van der Waals surface area contributed by atoms with Crippen molar-refractivity contribution in [1.29, 1.82) is 0 Å². The minimum absolute atomic E-state index is 0.125. The van der Waals surface area contributed by atoms with Crippen LogP contribution < -0.4 is 10.1 Å². The van der Waals surface area contributed by atoms with Gasteiger partial charge in [0.25, 0.3) is 5.91 Å². The molecule has 0 aliphatic carbocycles. The van der Waals surface area contributed by atoms with E-state index in [0.717, 1.165) is 6.26 Å². The minimum atomic E-state index is -3.32. The van der Waals surface area contributed by atoms with Crippen molar-refractivity contribution < 1.29 is 26.7 Å². The average Bonchev–Trinajstić information content (AvgIpc) is 2.46. The Hall–Kier alpha value is -2.48. The van der Waals surface area contributed by atoms with Gasteiger partial charge in [0.1, 0.15) is 5.75 Å². The monoisotopic (exact) mass is 341 g/mol. The predicted octanol–water partition coefficient (Wildman–Crippen LogP) is 2.94. The van der Waals surface area contributed by atoms with Crippen LogP contribution in [0.25, 0.3) is 0 Å². The van der Waals surface area contributed by atoms with Gasteiger partial charge in [0, 0.05) is 17.5 Å². The Morgan fingerprint density at radius 1 is 1.13 bits per heavy atom. The summed E-state index contributed by atoms with van der Waals surface area (Å²) in [6, 6.07) is 11.0. The first kappa shape index (κ1) is 16.9. The third-order valence-electron chi connectivity index (χ3n) is 2.86. The van der Waals surface area contributed by atoms with Crippen LogP contribution in [0.5, 0.6) is 5.75 Å². The van der Waals surface area contributed by atoms with Crippen LogP contribution in [-0.2, 0) is 9.84 Å². The lowest BCUT2D eigenvalue weighted by Crippen LogP contribution is -2.12. The lowest BCUT2D eigenvalue weighted by Gasteiger charge is -2.08. The molecule has 0 fully saturated rings. The van der Waals surface area contributed by atoms with Crippen LogP contribution in [0.15, 0.2) is 53.4 Å². The summed E-state index contributed by atoms with van der Waals surface area (Å²) in [6.45, 7) is -2.98. The molecule has 2 aromatic carbocycles. The highest BCUT2D eigenvalue weighted by Crippen LogP contribution is 2.18. The zero-order valence-corrected chi connectivity index (χ0v) is 12.8. The van der Waals surface area contributed by atoms with Crippen LogP contribution >= 0.6 is 0 Å². The molecule has 23 heavy (non-hydrogen) atoms. The summed E-state index contributed by atoms with van der Waals surface area (Å²) in [5.74, 6) is -0.656. The van der Waals surface area contributed by atoms with E-state index in [1.165, 1.54) is 48.5 Å². The zero-order chi connectivity index (χ0) is 17.0. The number of carbonyl (C=O) groups excluding carboxylic acids is 1. The number of ether oxygens (including phenoxy) is 1. The van der Waals surface area contributed by atoms with Gasteiger partial charge in [-0.1, -0.05) is 6.07 Å². The van der Waals surface area contributed by atoms with Gasteiger partial charge in [-0.25, -0.2) is 8.42 Å². The Labute approximate surface area is 131 Å². The molecule has 1 amide bonds. The topological polar surface area (TPSA) is 72.5 Å². The smallest absolute Gasteiger partial charge is 0.387 e. The third kappa shape index (κ3) is 4.75. The molecule has 5 nitrogen and oxygen atoms in total. The number of sulfone groups is 1. The van der Waals surface area contributed by atoms with E-state index in [-0.39, 0.29) is 16.2 Å². The summed E-state index contributed by atoms with van der Waals surface area (Å²) in [7, 11) is -3.32. The average molecular weight is 341 g/mol. The number of halogens is 2. The van der Waals surface area contributed by atoms with Gasteiger partial charge in [0.2, 0.25) is 0 Å². The highest BCUT2D eigenvalue weighted by Gasteiger charge is 2.11. The number of nitrogens with one attached hydrogen (secondary N) is 1. The lowest BCUT2D eigenvalue weighted by molar-refractivity contribution is -0.0498. The SMILES string of the molecule is CS(=O)(=O)c1ccc(NC(=O)c2cccc(OC(F)F)c2)cc1. The van der Waals surface area contributed by atoms with Crippen LogP contribution in [0.2, 0.25) is 0 Å². The molecule has 0 spiro atoms. The first-order valence-electron chi connectivity index (χ1n) is 6.42.